The van der Waals surface area contributed by atoms with Gasteiger partial charge in [0.05, 0.1) is 10.7 Å². The van der Waals surface area contributed by atoms with E-state index in [1.54, 1.807) is 0 Å². The van der Waals surface area contributed by atoms with Gasteiger partial charge in [-0.25, -0.2) is 4.98 Å². The van der Waals surface area contributed by atoms with Crippen LogP contribution in [0.25, 0.3) is 0 Å². The Hall–Kier alpha value is -0.0800. The average Bonchev–Trinajstić information content (AvgIpc) is 2.25. The van der Waals surface area contributed by atoms with Gasteiger partial charge in [0.1, 0.15) is 0 Å². The minimum Gasteiger partial charge on any atom is -0.246 e. The maximum absolute atomic E-state index is 6.05. The molecule has 86 valence electrons. The van der Waals surface area contributed by atoms with Crippen LogP contribution in [0.5, 0.6) is 0 Å². The summed E-state index contributed by atoms with van der Waals surface area (Å²) in [6.07, 6.45) is 2.07. The SMILES string of the molecule is Cc1nc(CC(C)(C)CC(C)Cl)sc1C. The molecule has 1 unspecified atom stereocenters. The van der Waals surface area contributed by atoms with Crippen LogP contribution in [0.4, 0.5) is 0 Å². The van der Waals surface area contributed by atoms with E-state index in [1.165, 1.54) is 15.6 Å². The third-order valence-electron chi connectivity index (χ3n) is 2.54. The monoisotopic (exact) mass is 245 g/mol. The molecular weight excluding hydrogens is 226 g/mol. The van der Waals surface area contributed by atoms with Gasteiger partial charge in [-0.05, 0) is 32.6 Å². The Bertz CT molecular complexity index is 309. The van der Waals surface area contributed by atoms with Crippen LogP contribution in [-0.2, 0) is 6.42 Å². The summed E-state index contributed by atoms with van der Waals surface area (Å²) >= 11 is 7.86. The summed E-state index contributed by atoms with van der Waals surface area (Å²) < 4.78 is 0. The molecule has 0 bridgehead atoms. The first-order chi connectivity index (χ1) is 6.80. The summed E-state index contributed by atoms with van der Waals surface area (Å²) in [7, 11) is 0. The van der Waals surface area contributed by atoms with Crippen molar-refractivity contribution >= 4 is 22.9 Å². The maximum atomic E-state index is 6.05. The highest BCUT2D eigenvalue weighted by atomic mass is 35.5. The molecule has 3 heteroatoms. The zero-order chi connectivity index (χ0) is 11.6. The van der Waals surface area contributed by atoms with Crippen molar-refractivity contribution in [2.45, 2.75) is 52.8 Å². The normalized spacial score (nSPS) is 14.3. The van der Waals surface area contributed by atoms with Crippen molar-refractivity contribution in [3.05, 3.63) is 15.6 Å². The molecule has 0 saturated heterocycles. The summed E-state index contributed by atoms with van der Waals surface area (Å²) in [5.74, 6) is 0. The molecule has 0 aromatic carbocycles. The van der Waals surface area contributed by atoms with Crippen molar-refractivity contribution in [3.8, 4) is 0 Å². The van der Waals surface area contributed by atoms with Crippen LogP contribution in [0.3, 0.4) is 0 Å². The summed E-state index contributed by atoms with van der Waals surface area (Å²) in [5.41, 5.74) is 1.42. The Balaban J connectivity index is 2.68. The lowest BCUT2D eigenvalue weighted by atomic mass is 9.85. The van der Waals surface area contributed by atoms with Gasteiger partial charge in [-0.3, -0.25) is 0 Å². The van der Waals surface area contributed by atoms with Crippen molar-refractivity contribution in [3.63, 3.8) is 0 Å². The summed E-state index contributed by atoms with van der Waals surface area (Å²) in [6.45, 7) is 10.8. The van der Waals surface area contributed by atoms with E-state index in [4.69, 9.17) is 11.6 Å². The minimum absolute atomic E-state index is 0.238. The summed E-state index contributed by atoms with van der Waals surface area (Å²) in [5, 5.41) is 1.48. The van der Waals surface area contributed by atoms with Crippen LogP contribution in [0, 0.1) is 19.3 Å². The highest BCUT2D eigenvalue weighted by Crippen LogP contribution is 2.31. The molecule has 0 radical (unpaired) electrons. The van der Waals surface area contributed by atoms with Crippen molar-refractivity contribution in [2.24, 2.45) is 5.41 Å². The zero-order valence-corrected chi connectivity index (χ0v) is 11.8. The number of nitrogens with zero attached hydrogens (tertiary/aromatic N) is 1. The molecule has 1 aromatic heterocycles. The van der Waals surface area contributed by atoms with Gasteiger partial charge in [0.25, 0.3) is 0 Å². The topological polar surface area (TPSA) is 12.9 Å². The molecule has 0 N–H and O–H groups in total. The van der Waals surface area contributed by atoms with Gasteiger partial charge in [-0.2, -0.15) is 0 Å². The number of alkyl halides is 1. The third kappa shape index (κ3) is 4.12. The Morgan fingerprint density at radius 1 is 1.40 bits per heavy atom. The van der Waals surface area contributed by atoms with E-state index in [9.17, 15) is 0 Å². The van der Waals surface area contributed by atoms with Crippen LogP contribution < -0.4 is 0 Å². The fourth-order valence-corrected chi connectivity index (χ4v) is 3.47. The van der Waals surface area contributed by atoms with E-state index in [0.717, 1.165) is 12.8 Å². The number of aryl methyl sites for hydroxylation is 2. The van der Waals surface area contributed by atoms with Gasteiger partial charge >= 0.3 is 0 Å². The molecule has 1 aromatic rings. The van der Waals surface area contributed by atoms with Gasteiger partial charge in [-0.1, -0.05) is 13.8 Å². The Morgan fingerprint density at radius 3 is 2.40 bits per heavy atom. The molecule has 15 heavy (non-hydrogen) atoms. The molecule has 0 aliphatic rings. The quantitative estimate of drug-likeness (QED) is 0.719. The highest BCUT2D eigenvalue weighted by molar-refractivity contribution is 7.11. The highest BCUT2D eigenvalue weighted by Gasteiger charge is 2.22. The smallest absolute Gasteiger partial charge is 0.0936 e. The van der Waals surface area contributed by atoms with E-state index < -0.39 is 0 Å². The van der Waals surface area contributed by atoms with Crippen LogP contribution >= 0.6 is 22.9 Å². The maximum Gasteiger partial charge on any atom is 0.0936 e. The second-order valence-corrected chi connectivity index (χ2v) is 7.11. The van der Waals surface area contributed by atoms with E-state index >= 15 is 0 Å². The predicted octanol–water partition coefficient (Wildman–Crippen LogP) is 4.35. The lowest BCUT2D eigenvalue weighted by Gasteiger charge is -2.24. The fourth-order valence-electron chi connectivity index (χ4n) is 1.86. The molecule has 0 aliphatic carbocycles. The Labute approximate surface area is 102 Å². The number of hydrogen-bond donors (Lipinski definition) is 0. The second-order valence-electron chi connectivity index (χ2n) is 5.08. The first-order valence-electron chi connectivity index (χ1n) is 5.37. The predicted molar refractivity (Wildman–Crippen MR) is 69.0 cm³/mol. The van der Waals surface area contributed by atoms with E-state index in [-0.39, 0.29) is 10.8 Å². The molecule has 1 heterocycles. The van der Waals surface area contributed by atoms with E-state index in [0.29, 0.717) is 0 Å². The summed E-state index contributed by atoms with van der Waals surface area (Å²) in [4.78, 5) is 5.91. The minimum atomic E-state index is 0.238. The van der Waals surface area contributed by atoms with E-state index in [2.05, 4.69) is 39.6 Å². The number of rotatable bonds is 4. The van der Waals surface area contributed by atoms with Gasteiger partial charge in [0, 0.05) is 16.7 Å². The van der Waals surface area contributed by atoms with E-state index in [1.807, 2.05) is 11.3 Å². The molecular formula is C12H20ClNS. The lowest BCUT2D eigenvalue weighted by Crippen LogP contribution is -2.18. The molecule has 0 amide bonds. The van der Waals surface area contributed by atoms with Crippen LogP contribution in [0.15, 0.2) is 0 Å². The first-order valence-corrected chi connectivity index (χ1v) is 6.62. The number of halogens is 1. The average molecular weight is 246 g/mol. The Kier molecular flexibility index (Phi) is 4.19. The molecule has 0 saturated carbocycles. The Morgan fingerprint density at radius 2 is 2.00 bits per heavy atom. The molecule has 1 rings (SSSR count). The number of hydrogen-bond acceptors (Lipinski definition) is 2. The van der Waals surface area contributed by atoms with Gasteiger partial charge in [-0.15, -0.1) is 22.9 Å². The number of aromatic nitrogens is 1. The van der Waals surface area contributed by atoms with Crippen molar-refractivity contribution < 1.29 is 0 Å². The zero-order valence-electron chi connectivity index (χ0n) is 10.2. The lowest BCUT2D eigenvalue weighted by molar-refractivity contribution is 0.331. The van der Waals surface area contributed by atoms with Gasteiger partial charge < -0.3 is 0 Å². The summed E-state index contributed by atoms with van der Waals surface area (Å²) in [6, 6.07) is 0. The molecule has 0 aliphatic heterocycles. The molecule has 1 nitrogen and oxygen atoms in total. The van der Waals surface area contributed by atoms with Crippen LogP contribution in [0.2, 0.25) is 0 Å². The molecule has 1 atom stereocenters. The van der Waals surface area contributed by atoms with Crippen LogP contribution in [-0.4, -0.2) is 10.4 Å². The number of thiazole rings is 1. The van der Waals surface area contributed by atoms with Crippen molar-refractivity contribution in [1.82, 2.24) is 4.98 Å². The second kappa shape index (κ2) is 4.84. The van der Waals surface area contributed by atoms with Crippen LogP contribution in [0.1, 0.15) is 42.8 Å². The van der Waals surface area contributed by atoms with Crippen molar-refractivity contribution in [1.29, 1.82) is 0 Å². The van der Waals surface area contributed by atoms with Gasteiger partial charge in [0.15, 0.2) is 0 Å². The largest absolute Gasteiger partial charge is 0.246 e. The molecule has 0 fully saturated rings. The van der Waals surface area contributed by atoms with Gasteiger partial charge in [0.2, 0.25) is 0 Å². The molecule has 0 spiro atoms. The first kappa shape index (κ1) is 13.0. The third-order valence-corrected chi connectivity index (χ3v) is 3.76. The fraction of sp³-hybridized carbons (Fsp3) is 0.750. The van der Waals surface area contributed by atoms with Crippen molar-refractivity contribution in [2.75, 3.05) is 0 Å². The standard InChI is InChI=1S/C12H20ClNS/c1-8(13)6-12(4,5)7-11-14-9(2)10(3)15-11/h8H,6-7H2,1-5H3.